The molecule has 0 bridgehead atoms. The molecule has 0 spiro atoms. The number of ether oxygens (including phenoxy) is 1. The van der Waals surface area contributed by atoms with Crippen LogP contribution < -0.4 is 29.9 Å². The summed E-state index contributed by atoms with van der Waals surface area (Å²) in [5.41, 5.74) is 5.50. The van der Waals surface area contributed by atoms with Crippen LogP contribution in [0.2, 0.25) is 5.02 Å². The zero-order valence-corrected chi connectivity index (χ0v) is 25.8. The van der Waals surface area contributed by atoms with Crippen LogP contribution in [0.15, 0.2) is 36.5 Å². The quantitative estimate of drug-likeness (QED) is 0.359. The van der Waals surface area contributed by atoms with Crippen LogP contribution in [0.1, 0.15) is 24.0 Å². The molecule has 0 unspecified atom stereocenters. The fraction of sp³-hybridized carbons (Fsp3) is 0.467. The molecule has 11 nitrogen and oxygen atoms in total. The minimum atomic E-state index is -3.42. The molecule has 5 heterocycles. The predicted octanol–water partition coefficient (Wildman–Crippen LogP) is 3.75. The van der Waals surface area contributed by atoms with Crippen LogP contribution in [-0.4, -0.2) is 88.0 Å². The van der Waals surface area contributed by atoms with Crippen LogP contribution in [0.25, 0.3) is 0 Å². The zero-order chi connectivity index (χ0) is 29.6. The second-order valence-corrected chi connectivity index (χ2v) is 13.9. The number of rotatable bonds is 7. The molecule has 2 aromatic carbocycles. The zero-order valence-electron chi connectivity index (χ0n) is 24.3. The second kappa shape index (κ2) is 11.6. The van der Waals surface area contributed by atoms with Crippen LogP contribution in [0, 0.1) is 0 Å². The van der Waals surface area contributed by atoms with Crippen LogP contribution >= 0.6 is 11.6 Å². The Labute approximate surface area is 257 Å². The Hall–Kier alpha value is -3.32. The number of aromatic nitrogens is 2. The molecule has 0 amide bonds. The van der Waals surface area contributed by atoms with E-state index in [0.717, 1.165) is 62.7 Å². The van der Waals surface area contributed by atoms with Crippen molar-refractivity contribution in [2.45, 2.75) is 31.7 Å². The number of hydrogen-bond acceptors (Lipinski definition) is 10. The standard InChI is InChI=1S/C30H37ClN8O3S/c1-43(40,41)39-15-7-20-3-2-4-24(27(20)39)34-29-23(31)19-33-30(36-29)35-25-5-6-26(22-10-18-42-28(22)25)38-13-8-21(9-14-38)37-16-11-32-12-17-37/h2-6,19,21,32H,7-18H2,1H3,(H2,33,34,35,36). The maximum absolute atomic E-state index is 12.4. The van der Waals surface area contributed by atoms with Crippen molar-refractivity contribution in [2.75, 3.05) is 78.5 Å². The van der Waals surface area contributed by atoms with Gasteiger partial charge < -0.3 is 25.6 Å². The molecule has 4 aliphatic rings. The maximum atomic E-state index is 12.4. The molecule has 0 saturated carbocycles. The molecule has 13 heteroatoms. The van der Waals surface area contributed by atoms with Crippen molar-refractivity contribution in [2.24, 2.45) is 0 Å². The van der Waals surface area contributed by atoms with E-state index in [9.17, 15) is 8.42 Å². The SMILES string of the molecule is CS(=O)(=O)N1CCc2cccc(Nc3nc(Nc4ccc(N5CCC(N6CCNCC6)CC5)c5c4OCC5)ncc3Cl)c21. The number of anilines is 6. The summed E-state index contributed by atoms with van der Waals surface area (Å²) in [6.07, 6.45) is 6.63. The maximum Gasteiger partial charge on any atom is 0.232 e. The lowest BCUT2D eigenvalue weighted by Crippen LogP contribution is -2.52. The van der Waals surface area contributed by atoms with Gasteiger partial charge in [0.2, 0.25) is 16.0 Å². The highest BCUT2D eigenvalue weighted by Gasteiger charge is 2.31. The monoisotopic (exact) mass is 624 g/mol. The van der Waals surface area contributed by atoms with Crippen LogP contribution in [-0.2, 0) is 22.9 Å². The Balaban J connectivity index is 1.09. The summed E-state index contributed by atoms with van der Waals surface area (Å²) in [6.45, 7) is 7.60. The average Bonchev–Trinajstić information content (AvgIpc) is 3.69. The number of para-hydroxylation sites is 1. The minimum Gasteiger partial charge on any atom is -0.491 e. The summed E-state index contributed by atoms with van der Waals surface area (Å²) in [5.74, 6) is 1.59. The number of hydrogen-bond donors (Lipinski definition) is 3. The summed E-state index contributed by atoms with van der Waals surface area (Å²) < 4.78 is 32.4. The van der Waals surface area contributed by atoms with Gasteiger partial charge in [-0.25, -0.2) is 13.4 Å². The molecule has 43 heavy (non-hydrogen) atoms. The molecule has 2 fully saturated rings. The van der Waals surface area contributed by atoms with E-state index < -0.39 is 10.0 Å². The van der Waals surface area contributed by atoms with E-state index in [1.54, 1.807) is 0 Å². The number of nitrogens with one attached hydrogen (secondary N) is 3. The Morgan fingerprint density at radius 1 is 1.00 bits per heavy atom. The molecule has 1 aromatic heterocycles. The molecular weight excluding hydrogens is 588 g/mol. The Bertz CT molecular complexity index is 1620. The molecule has 2 saturated heterocycles. The third-order valence-corrected chi connectivity index (χ3v) is 10.3. The molecule has 0 atom stereocenters. The van der Waals surface area contributed by atoms with Crippen LogP contribution in [0.5, 0.6) is 5.75 Å². The fourth-order valence-electron chi connectivity index (χ4n) is 6.81. The summed E-state index contributed by atoms with van der Waals surface area (Å²) >= 11 is 6.50. The first-order valence-corrected chi connectivity index (χ1v) is 17.2. The highest BCUT2D eigenvalue weighted by atomic mass is 35.5. The van der Waals surface area contributed by atoms with E-state index >= 15 is 0 Å². The first kappa shape index (κ1) is 28.5. The van der Waals surface area contributed by atoms with Gasteiger partial charge in [0.25, 0.3) is 0 Å². The van der Waals surface area contributed by atoms with Gasteiger partial charge in [0.1, 0.15) is 10.8 Å². The van der Waals surface area contributed by atoms with Gasteiger partial charge in [-0.05, 0) is 43.0 Å². The van der Waals surface area contributed by atoms with E-state index in [-0.39, 0.29) is 0 Å². The fourth-order valence-corrected chi connectivity index (χ4v) is 7.92. The van der Waals surface area contributed by atoms with Gasteiger partial charge in [-0.2, -0.15) is 4.98 Å². The van der Waals surface area contributed by atoms with Crippen molar-refractivity contribution in [1.29, 1.82) is 0 Å². The first-order valence-electron chi connectivity index (χ1n) is 15.0. The smallest absolute Gasteiger partial charge is 0.232 e. The lowest BCUT2D eigenvalue weighted by atomic mass is 10.00. The number of sulfonamides is 1. The molecule has 4 aliphatic heterocycles. The summed E-state index contributed by atoms with van der Waals surface area (Å²) in [5, 5.41) is 10.4. The third-order valence-electron chi connectivity index (χ3n) is 8.90. The second-order valence-electron chi connectivity index (χ2n) is 11.6. The summed E-state index contributed by atoms with van der Waals surface area (Å²) in [4.78, 5) is 14.2. The lowest BCUT2D eigenvalue weighted by Gasteiger charge is -2.41. The van der Waals surface area contributed by atoms with Gasteiger partial charge in [-0.1, -0.05) is 23.7 Å². The van der Waals surface area contributed by atoms with Crippen molar-refractivity contribution in [3.8, 4) is 5.75 Å². The van der Waals surface area contributed by atoms with Crippen molar-refractivity contribution in [3.63, 3.8) is 0 Å². The number of nitrogens with zero attached hydrogens (tertiary/aromatic N) is 5. The largest absolute Gasteiger partial charge is 0.491 e. The van der Waals surface area contributed by atoms with Gasteiger partial charge in [0.15, 0.2) is 5.82 Å². The number of halogens is 1. The van der Waals surface area contributed by atoms with Gasteiger partial charge in [-0.3, -0.25) is 9.21 Å². The predicted molar refractivity (Wildman–Crippen MR) is 171 cm³/mol. The molecule has 228 valence electrons. The van der Waals surface area contributed by atoms with Gasteiger partial charge in [0.05, 0.1) is 36.1 Å². The van der Waals surface area contributed by atoms with Crippen LogP contribution in [0.3, 0.4) is 0 Å². The molecular formula is C30H37ClN8O3S. The lowest BCUT2D eigenvalue weighted by molar-refractivity contribution is 0.150. The van der Waals surface area contributed by atoms with E-state index in [1.807, 2.05) is 24.3 Å². The highest BCUT2D eigenvalue weighted by molar-refractivity contribution is 7.92. The van der Waals surface area contributed by atoms with Crippen molar-refractivity contribution >= 4 is 56.1 Å². The minimum absolute atomic E-state index is 0.327. The highest BCUT2D eigenvalue weighted by Crippen LogP contribution is 2.43. The summed E-state index contributed by atoms with van der Waals surface area (Å²) in [7, 11) is -3.42. The van der Waals surface area contributed by atoms with Gasteiger partial charge >= 0.3 is 0 Å². The number of piperazine rings is 1. The normalized spacial score (nSPS) is 19.2. The van der Waals surface area contributed by atoms with E-state index in [0.29, 0.717) is 53.8 Å². The molecule has 3 aromatic rings. The molecule has 0 radical (unpaired) electrons. The Kier molecular flexibility index (Phi) is 7.70. The van der Waals surface area contributed by atoms with E-state index in [1.165, 1.54) is 40.9 Å². The Morgan fingerprint density at radius 3 is 2.60 bits per heavy atom. The molecule has 7 rings (SSSR count). The van der Waals surface area contributed by atoms with Crippen molar-refractivity contribution in [3.05, 3.63) is 52.7 Å². The van der Waals surface area contributed by atoms with Crippen molar-refractivity contribution < 1.29 is 13.2 Å². The molecule has 3 N–H and O–H groups in total. The number of piperidine rings is 1. The van der Waals surface area contributed by atoms with E-state index in [2.05, 4.69) is 41.8 Å². The average molecular weight is 625 g/mol. The topological polar surface area (TPSA) is 115 Å². The van der Waals surface area contributed by atoms with E-state index in [4.69, 9.17) is 16.3 Å². The third kappa shape index (κ3) is 5.68. The van der Waals surface area contributed by atoms with Gasteiger partial charge in [-0.15, -0.1) is 0 Å². The van der Waals surface area contributed by atoms with Gasteiger partial charge in [0, 0.05) is 69.5 Å². The first-order chi connectivity index (χ1) is 20.8. The number of benzene rings is 2. The molecule has 0 aliphatic carbocycles. The van der Waals surface area contributed by atoms with Crippen LogP contribution in [0.4, 0.5) is 34.5 Å². The number of fused-ring (bicyclic) bond motifs is 2. The van der Waals surface area contributed by atoms with Crippen molar-refractivity contribution in [1.82, 2.24) is 20.2 Å². The summed E-state index contributed by atoms with van der Waals surface area (Å²) in [6, 6.07) is 10.6. The Morgan fingerprint density at radius 2 is 1.81 bits per heavy atom.